The van der Waals surface area contributed by atoms with Crippen molar-refractivity contribution in [1.29, 1.82) is 0 Å². The van der Waals surface area contributed by atoms with Gasteiger partial charge in [-0.15, -0.1) is 0 Å². The van der Waals surface area contributed by atoms with Gasteiger partial charge in [0.15, 0.2) is 0 Å². The van der Waals surface area contributed by atoms with Crippen molar-refractivity contribution >= 4 is 17.3 Å². The molecule has 0 fully saturated rings. The zero-order valence-electron chi connectivity index (χ0n) is 13.0. The number of amides is 1. The summed E-state index contributed by atoms with van der Waals surface area (Å²) in [6.07, 6.45) is 0. The highest BCUT2D eigenvalue weighted by Gasteiger charge is 2.19. The molecule has 0 heterocycles. The van der Waals surface area contributed by atoms with Gasteiger partial charge in [0.2, 0.25) is 0 Å². The molecule has 120 valence electrons. The largest absolute Gasteiger partial charge is 0.496 e. The normalized spacial score (nSPS) is 10.0. The number of ether oxygens (including phenoxy) is 2. The second-order valence-corrected chi connectivity index (χ2v) is 4.75. The van der Waals surface area contributed by atoms with Crippen LogP contribution in [0, 0.1) is 17.0 Å². The predicted molar refractivity (Wildman–Crippen MR) is 85.3 cm³/mol. The Bertz CT molecular complexity index is 736. The average Bonchev–Trinajstić information content (AvgIpc) is 2.55. The maximum absolute atomic E-state index is 12.5. The van der Waals surface area contributed by atoms with Crippen LogP contribution < -0.4 is 14.8 Å². The lowest BCUT2D eigenvalue weighted by molar-refractivity contribution is -0.385. The number of carbonyl (C=O) groups excluding carboxylic acids is 1. The molecule has 0 bridgehead atoms. The van der Waals surface area contributed by atoms with Crippen LogP contribution in [0.2, 0.25) is 0 Å². The molecule has 0 aliphatic heterocycles. The third-order valence-corrected chi connectivity index (χ3v) is 3.32. The topological polar surface area (TPSA) is 90.7 Å². The van der Waals surface area contributed by atoms with E-state index in [9.17, 15) is 14.9 Å². The van der Waals surface area contributed by atoms with Gasteiger partial charge in [-0.1, -0.05) is 12.1 Å². The maximum atomic E-state index is 12.5. The summed E-state index contributed by atoms with van der Waals surface area (Å²) in [4.78, 5) is 23.0. The summed E-state index contributed by atoms with van der Waals surface area (Å²) in [6, 6.07) is 9.46. The van der Waals surface area contributed by atoms with Crippen LogP contribution in [0.5, 0.6) is 11.5 Å². The number of nitrogens with one attached hydrogen (secondary N) is 1. The molecule has 0 radical (unpaired) electrons. The summed E-state index contributed by atoms with van der Waals surface area (Å²) in [5, 5.41) is 13.6. The van der Waals surface area contributed by atoms with Crippen LogP contribution >= 0.6 is 0 Å². The van der Waals surface area contributed by atoms with Crippen molar-refractivity contribution in [1.82, 2.24) is 0 Å². The van der Waals surface area contributed by atoms with Gasteiger partial charge in [0.1, 0.15) is 17.1 Å². The Kier molecular flexibility index (Phi) is 4.80. The standard InChI is InChI=1S/C16H16N2O5/c1-10-7-8-11(9-12(10)18(20)21)17-16(19)15-13(22-2)5-4-6-14(15)23-3/h4-9H,1-3H3,(H,17,19). The van der Waals surface area contributed by atoms with Crippen LogP contribution in [-0.4, -0.2) is 25.1 Å². The number of anilines is 1. The molecule has 2 aromatic carbocycles. The van der Waals surface area contributed by atoms with Crippen LogP contribution in [0.15, 0.2) is 36.4 Å². The number of nitrogens with zero attached hydrogens (tertiary/aromatic N) is 1. The van der Waals surface area contributed by atoms with Gasteiger partial charge in [-0.2, -0.15) is 0 Å². The monoisotopic (exact) mass is 316 g/mol. The smallest absolute Gasteiger partial charge is 0.274 e. The molecule has 0 aromatic heterocycles. The number of carbonyl (C=O) groups is 1. The van der Waals surface area contributed by atoms with Crippen molar-refractivity contribution in [2.75, 3.05) is 19.5 Å². The van der Waals surface area contributed by atoms with E-state index in [0.717, 1.165) is 0 Å². The van der Waals surface area contributed by atoms with E-state index in [-0.39, 0.29) is 11.3 Å². The second-order valence-electron chi connectivity index (χ2n) is 4.75. The summed E-state index contributed by atoms with van der Waals surface area (Å²) in [5.74, 6) is 0.226. The SMILES string of the molecule is COc1cccc(OC)c1C(=O)Nc1ccc(C)c([N+](=O)[O-])c1. The minimum Gasteiger partial charge on any atom is -0.496 e. The number of hydrogen-bond acceptors (Lipinski definition) is 5. The van der Waals surface area contributed by atoms with E-state index < -0.39 is 10.8 Å². The molecule has 0 saturated heterocycles. The minimum absolute atomic E-state index is 0.0604. The highest BCUT2D eigenvalue weighted by atomic mass is 16.6. The van der Waals surface area contributed by atoms with E-state index in [4.69, 9.17) is 9.47 Å². The molecule has 0 atom stereocenters. The lowest BCUT2D eigenvalue weighted by Gasteiger charge is -2.13. The number of nitro benzene ring substituents is 1. The van der Waals surface area contributed by atoms with Gasteiger partial charge in [0.05, 0.1) is 19.1 Å². The first-order valence-electron chi connectivity index (χ1n) is 6.75. The van der Waals surface area contributed by atoms with Crippen LogP contribution in [0.3, 0.4) is 0 Å². The van der Waals surface area contributed by atoms with Crippen molar-refractivity contribution in [2.24, 2.45) is 0 Å². The van der Waals surface area contributed by atoms with Crippen LogP contribution in [-0.2, 0) is 0 Å². The molecule has 1 amide bonds. The van der Waals surface area contributed by atoms with Gasteiger partial charge in [-0.05, 0) is 25.1 Å². The van der Waals surface area contributed by atoms with Crippen molar-refractivity contribution in [3.63, 3.8) is 0 Å². The first-order valence-corrected chi connectivity index (χ1v) is 6.75. The Hall–Kier alpha value is -3.09. The Morgan fingerprint density at radius 1 is 1.13 bits per heavy atom. The van der Waals surface area contributed by atoms with Crippen molar-refractivity contribution in [2.45, 2.75) is 6.92 Å². The molecule has 23 heavy (non-hydrogen) atoms. The van der Waals surface area contributed by atoms with Gasteiger partial charge in [-0.25, -0.2) is 0 Å². The Morgan fingerprint density at radius 2 is 1.74 bits per heavy atom. The fourth-order valence-electron chi connectivity index (χ4n) is 2.15. The molecule has 0 spiro atoms. The number of hydrogen-bond donors (Lipinski definition) is 1. The third-order valence-electron chi connectivity index (χ3n) is 3.32. The number of aryl methyl sites for hydroxylation is 1. The fourth-order valence-corrected chi connectivity index (χ4v) is 2.15. The minimum atomic E-state index is -0.491. The summed E-state index contributed by atoms with van der Waals surface area (Å²) >= 11 is 0. The number of benzene rings is 2. The van der Waals surface area contributed by atoms with Crippen molar-refractivity contribution in [3.8, 4) is 11.5 Å². The fraction of sp³-hybridized carbons (Fsp3) is 0.188. The van der Waals surface area contributed by atoms with Gasteiger partial charge < -0.3 is 14.8 Å². The molecular formula is C16H16N2O5. The van der Waals surface area contributed by atoms with E-state index in [0.29, 0.717) is 22.7 Å². The second kappa shape index (κ2) is 6.78. The van der Waals surface area contributed by atoms with E-state index >= 15 is 0 Å². The summed E-state index contributed by atoms with van der Waals surface area (Å²) < 4.78 is 10.4. The van der Waals surface area contributed by atoms with E-state index in [1.807, 2.05) is 0 Å². The molecule has 0 unspecified atom stereocenters. The molecule has 1 N–H and O–H groups in total. The van der Waals surface area contributed by atoms with Gasteiger partial charge in [-0.3, -0.25) is 14.9 Å². The van der Waals surface area contributed by atoms with E-state index in [1.165, 1.54) is 20.3 Å². The quantitative estimate of drug-likeness (QED) is 0.676. The van der Waals surface area contributed by atoms with Crippen LogP contribution in [0.25, 0.3) is 0 Å². The molecule has 2 aromatic rings. The first-order chi connectivity index (χ1) is 11.0. The molecule has 0 saturated carbocycles. The zero-order chi connectivity index (χ0) is 17.0. The van der Waals surface area contributed by atoms with Gasteiger partial charge in [0.25, 0.3) is 11.6 Å². The van der Waals surface area contributed by atoms with Gasteiger partial charge >= 0.3 is 0 Å². The zero-order valence-corrected chi connectivity index (χ0v) is 13.0. The average molecular weight is 316 g/mol. The van der Waals surface area contributed by atoms with E-state index in [1.54, 1.807) is 37.3 Å². The summed E-state index contributed by atoms with van der Waals surface area (Å²) in [6.45, 7) is 1.63. The molecule has 7 nitrogen and oxygen atoms in total. The molecule has 0 aliphatic rings. The molecule has 0 aliphatic carbocycles. The number of nitro groups is 1. The van der Waals surface area contributed by atoms with Crippen molar-refractivity contribution < 1.29 is 19.2 Å². The van der Waals surface area contributed by atoms with Crippen LogP contribution in [0.1, 0.15) is 15.9 Å². The Balaban J connectivity index is 2.37. The van der Waals surface area contributed by atoms with Gasteiger partial charge in [0, 0.05) is 17.3 Å². The molecule has 2 rings (SSSR count). The Labute approximate surface area is 133 Å². The number of methoxy groups -OCH3 is 2. The first kappa shape index (κ1) is 16.3. The molecular weight excluding hydrogens is 300 g/mol. The molecule has 7 heteroatoms. The van der Waals surface area contributed by atoms with Crippen molar-refractivity contribution in [3.05, 3.63) is 57.6 Å². The Morgan fingerprint density at radius 3 is 2.26 bits per heavy atom. The lowest BCUT2D eigenvalue weighted by atomic mass is 10.1. The third kappa shape index (κ3) is 3.39. The lowest BCUT2D eigenvalue weighted by Crippen LogP contribution is -2.14. The highest BCUT2D eigenvalue weighted by Crippen LogP contribution is 2.30. The van der Waals surface area contributed by atoms with E-state index in [2.05, 4.69) is 5.32 Å². The number of rotatable bonds is 5. The van der Waals surface area contributed by atoms with Crippen LogP contribution in [0.4, 0.5) is 11.4 Å². The summed E-state index contributed by atoms with van der Waals surface area (Å²) in [7, 11) is 2.89. The predicted octanol–water partition coefficient (Wildman–Crippen LogP) is 3.17. The maximum Gasteiger partial charge on any atom is 0.274 e. The highest BCUT2D eigenvalue weighted by molar-refractivity contribution is 6.08. The summed E-state index contributed by atoms with van der Waals surface area (Å²) in [5.41, 5.74) is 0.999.